The maximum atomic E-state index is 5.08. The molecule has 580 valence electrons. The van der Waals surface area contributed by atoms with E-state index in [1.54, 1.807) is 0 Å². The van der Waals surface area contributed by atoms with Gasteiger partial charge in [-0.2, -0.15) is 0 Å². The lowest BCUT2D eigenvalue weighted by atomic mass is 9.97. The minimum atomic E-state index is 0.644. The van der Waals surface area contributed by atoms with E-state index >= 15 is 0 Å². The summed E-state index contributed by atoms with van der Waals surface area (Å²) in [6, 6.07) is 165. The first-order valence-corrected chi connectivity index (χ1v) is 42.1. The van der Waals surface area contributed by atoms with Gasteiger partial charge in [-0.1, -0.05) is 340 Å². The molecule has 6 aromatic heterocycles. The first-order chi connectivity index (χ1) is 61.5. The van der Waals surface area contributed by atoms with Gasteiger partial charge in [-0.25, -0.2) is 19.9 Å². The fraction of sp³-hybridized carbons (Fsp3) is 0. The van der Waals surface area contributed by atoms with Gasteiger partial charge >= 0.3 is 0 Å². The fourth-order valence-corrected chi connectivity index (χ4v) is 18.3. The summed E-state index contributed by atoms with van der Waals surface area (Å²) in [5, 5.41) is 9.97. The van der Waals surface area contributed by atoms with Crippen molar-refractivity contribution in [3.63, 3.8) is 0 Å². The summed E-state index contributed by atoms with van der Waals surface area (Å²) in [4.78, 5) is 19.8. The molecule has 0 aliphatic carbocycles. The summed E-state index contributed by atoms with van der Waals surface area (Å²) in [5.74, 6) is 1.95. The summed E-state index contributed by atoms with van der Waals surface area (Å²) < 4.78 is 9.55. The molecule has 0 amide bonds. The van der Waals surface area contributed by atoms with Crippen LogP contribution in [0, 0.1) is 0 Å². The molecule has 0 N–H and O–H groups in total. The van der Waals surface area contributed by atoms with E-state index in [1.807, 2.05) is 72.8 Å². The standard InChI is InChI=1S/C59H39N3.C57H37N5/c1-4-14-43(15-5-1)54-37-47(38-55(60-54)44-16-6-2-7-17-44)42-26-24-40(25-27-42)41-28-32-49(33-29-41)61-57-23-13-11-21-51(57)53-36-45(31-35-58(53)61)46-30-34-52-50-20-10-12-22-56(50)62(59(52)39-46)48-18-8-3-9-19-48;1-4-14-40(15-5-1)55-58-56(41-16-6-2-7-17-41)60-57(59-55)42-26-24-38(25-27-42)39-28-32-46(33-29-39)61-52-23-13-11-21-48(52)50-36-43(31-35-53(50)61)44-30-34-49-47-20-10-12-22-51(47)62(54(49)37-44)45-18-8-3-9-19-45/h1-39H;1-37H. The summed E-state index contributed by atoms with van der Waals surface area (Å²) >= 11 is 0. The molecule has 6 heterocycles. The number of pyridine rings is 1. The van der Waals surface area contributed by atoms with Gasteiger partial charge < -0.3 is 18.3 Å². The molecule has 8 nitrogen and oxygen atoms in total. The summed E-state index contributed by atoms with van der Waals surface area (Å²) in [5.41, 5.74) is 32.8. The molecule has 0 bridgehead atoms. The van der Waals surface area contributed by atoms with E-state index in [4.69, 9.17) is 19.9 Å². The molecular weight excluding hydrogens is 1510 g/mol. The van der Waals surface area contributed by atoms with Crippen molar-refractivity contribution in [3.05, 3.63) is 461 Å². The molecule has 24 aromatic rings. The topological polar surface area (TPSA) is 71.3 Å². The van der Waals surface area contributed by atoms with E-state index in [2.05, 4.69) is 407 Å². The minimum Gasteiger partial charge on any atom is -0.309 e. The van der Waals surface area contributed by atoms with Gasteiger partial charge in [-0.05, 0) is 177 Å². The lowest BCUT2D eigenvalue weighted by molar-refractivity contribution is 1.07. The normalized spacial score (nSPS) is 11.5. The molecule has 8 heteroatoms. The largest absolute Gasteiger partial charge is 0.309 e. The van der Waals surface area contributed by atoms with Gasteiger partial charge in [0.05, 0.1) is 55.5 Å². The molecule has 0 unspecified atom stereocenters. The van der Waals surface area contributed by atoms with Crippen LogP contribution in [0.15, 0.2) is 461 Å². The molecule has 0 aliphatic rings. The van der Waals surface area contributed by atoms with Crippen LogP contribution in [-0.4, -0.2) is 38.2 Å². The average molecular weight is 1580 g/mol. The third-order valence-electron chi connectivity index (χ3n) is 24.3. The van der Waals surface area contributed by atoms with Crippen molar-refractivity contribution in [1.29, 1.82) is 0 Å². The van der Waals surface area contributed by atoms with E-state index < -0.39 is 0 Å². The molecule has 24 rings (SSSR count). The van der Waals surface area contributed by atoms with Crippen molar-refractivity contribution in [2.45, 2.75) is 0 Å². The molecule has 18 aromatic carbocycles. The lowest BCUT2D eigenvalue weighted by Crippen LogP contribution is -2.00. The summed E-state index contributed by atoms with van der Waals surface area (Å²) in [6.45, 7) is 0. The van der Waals surface area contributed by atoms with Crippen molar-refractivity contribution in [1.82, 2.24) is 38.2 Å². The summed E-state index contributed by atoms with van der Waals surface area (Å²) in [6.07, 6.45) is 0. The van der Waals surface area contributed by atoms with Crippen LogP contribution < -0.4 is 0 Å². The second-order valence-electron chi connectivity index (χ2n) is 31.7. The van der Waals surface area contributed by atoms with Crippen LogP contribution in [0.25, 0.3) is 222 Å². The third kappa shape index (κ3) is 13.1. The Balaban J connectivity index is 0.000000143. The van der Waals surface area contributed by atoms with E-state index in [9.17, 15) is 0 Å². The lowest BCUT2D eigenvalue weighted by Gasteiger charge is -2.12. The number of fused-ring (bicyclic) bond motifs is 12. The van der Waals surface area contributed by atoms with Crippen LogP contribution in [0.4, 0.5) is 0 Å². The second kappa shape index (κ2) is 30.9. The second-order valence-corrected chi connectivity index (χ2v) is 31.7. The van der Waals surface area contributed by atoms with Crippen molar-refractivity contribution >= 4 is 87.2 Å². The number of aromatic nitrogens is 8. The molecule has 0 atom stereocenters. The van der Waals surface area contributed by atoms with Crippen LogP contribution in [0.2, 0.25) is 0 Å². The Kier molecular flexibility index (Phi) is 18.1. The van der Waals surface area contributed by atoms with Gasteiger partial charge in [-0.15, -0.1) is 0 Å². The molecule has 0 radical (unpaired) electrons. The van der Waals surface area contributed by atoms with Gasteiger partial charge in [0.15, 0.2) is 17.5 Å². The maximum absolute atomic E-state index is 5.08. The monoisotopic (exact) mass is 1580 g/mol. The Bertz CT molecular complexity index is 7540. The Morgan fingerprint density at radius 2 is 0.347 bits per heavy atom. The highest BCUT2D eigenvalue weighted by Crippen LogP contribution is 2.43. The highest BCUT2D eigenvalue weighted by Gasteiger charge is 2.22. The Hall–Kier alpha value is -16.7. The van der Waals surface area contributed by atoms with Crippen LogP contribution in [0.3, 0.4) is 0 Å². The molecule has 0 spiro atoms. The average Bonchev–Trinajstić information content (AvgIpc) is 1.59. The first kappa shape index (κ1) is 72.5. The smallest absolute Gasteiger partial charge is 0.164 e. The number of benzene rings is 18. The van der Waals surface area contributed by atoms with Gasteiger partial charge in [0.1, 0.15) is 0 Å². The molecule has 0 fully saturated rings. The zero-order valence-electron chi connectivity index (χ0n) is 67.5. The van der Waals surface area contributed by atoms with Crippen LogP contribution in [-0.2, 0) is 0 Å². The minimum absolute atomic E-state index is 0.644. The van der Waals surface area contributed by atoms with E-state index in [0.29, 0.717) is 17.5 Å². The van der Waals surface area contributed by atoms with Crippen LogP contribution in [0.1, 0.15) is 0 Å². The van der Waals surface area contributed by atoms with E-state index in [1.165, 1.54) is 121 Å². The van der Waals surface area contributed by atoms with Gasteiger partial charge in [0.25, 0.3) is 0 Å². The van der Waals surface area contributed by atoms with E-state index in [0.717, 1.165) is 84.2 Å². The van der Waals surface area contributed by atoms with Crippen LogP contribution in [0.5, 0.6) is 0 Å². The number of rotatable bonds is 14. The van der Waals surface area contributed by atoms with Gasteiger partial charge in [-0.3, -0.25) is 0 Å². The molecular formula is C116H76N8. The fourth-order valence-electron chi connectivity index (χ4n) is 18.3. The van der Waals surface area contributed by atoms with Crippen molar-refractivity contribution in [3.8, 4) is 135 Å². The van der Waals surface area contributed by atoms with Crippen molar-refractivity contribution in [2.24, 2.45) is 0 Å². The van der Waals surface area contributed by atoms with Crippen molar-refractivity contribution < 1.29 is 0 Å². The molecule has 0 saturated carbocycles. The SMILES string of the molecule is c1ccc(-c2cc(-c3ccc(-c4ccc(-n5c6ccccc6c6cc(-c7ccc8c9ccccc9n(-c9ccccc9)c8c7)ccc65)cc4)cc3)cc(-c3ccccc3)n2)cc1.c1ccc(-c2nc(-c3ccccc3)nc(-c3ccc(-c4ccc(-n5c6ccccc6c6cc(-c7ccc8c9ccccc9n(-c9ccccc9)c8c7)ccc65)cc4)cc3)n2)cc1. The number of hydrogen-bond donors (Lipinski definition) is 0. The Labute approximate surface area is 716 Å². The van der Waals surface area contributed by atoms with Gasteiger partial charge in [0.2, 0.25) is 0 Å². The number of nitrogens with zero attached hydrogens (tertiary/aromatic N) is 8. The first-order valence-electron chi connectivity index (χ1n) is 42.1. The third-order valence-corrected chi connectivity index (χ3v) is 24.3. The zero-order chi connectivity index (χ0) is 82.0. The molecule has 0 aliphatic heterocycles. The number of hydrogen-bond acceptors (Lipinski definition) is 4. The Morgan fingerprint density at radius 1 is 0.121 bits per heavy atom. The van der Waals surface area contributed by atoms with Gasteiger partial charge in [0, 0.05) is 93.7 Å². The molecule has 0 saturated heterocycles. The highest BCUT2D eigenvalue weighted by atomic mass is 15.0. The van der Waals surface area contributed by atoms with Crippen LogP contribution >= 0.6 is 0 Å². The number of para-hydroxylation sites is 6. The molecule has 124 heavy (non-hydrogen) atoms. The van der Waals surface area contributed by atoms with E-state index in [-0.39, 0.29) is 0 Å². The van der Waals surface area contributed by atoms with Crippen molar-refractivity contribution in [2.75, 3.05) is 0 Å². The quantitative estimate of drug-likeness (QED) is 0.109. The maximum Gasteiger partial charge on any atom is 0.164 e. The summed E-state index contributed by atoms with van der Waals surface area (Å²) in [7, 11) is 0. The highest BCUT2D eigenvalue weighted by molar-refractivity contribution is 6.15. The Morgan fingerprint density at radius 3 is 0.702 bits per heavy atom. The predicted molar refractivity (Wildman–Crippen MR) is 516 cm³/mol. The predicted octanol–water partition coefficient (Wildman–Crippen LogP) is 30.0. The zero-order valence-corrected chi connectivity index (χ0v) is 67.5.